The Balaban J connectivity index is 1.76. The number of carbonyl (C=O) groups excluding carboxylic acids is 2. The molecule has 0 saturated heterocycles. The molecule has 3 aromatic carbocycles. The van der Waals surface area contributed by atoms with Crippen molar-refractivity contribution >= 4 is 23.6 Å². The van der Waals surface area contributed by atoms with Crippen LogP contribution >= 0.6 is 0 Å². The number of rotatable bonds is 6. The summed E-state index contributed by atoms with van der Waals surface area (Å²) in [5.41, 5.74) is 3.10. The molecule has 0 aromatic heterocycles. The molecule has 0 unspecified atom stereocenters. The molecule has 0 aliphatic carbocycles. The number of amides is 2. The monoisotopic (exact) mass is 374 g/mol. The summed E-state index contributed by atoms with van der Waals surface area (Å²) in [5.74, 6) is 0.252. The maximum absolute atomic E-state index is 12.7. The molecule has 3 rings (SSSR count). The Bertz CT molecular complexity index is 1000. The van der Waals surface area contributed by atoms with Crippen LogP contribution in [0.1, 0.15) is 15.9 Å². The van der Waals surface area contributed by atoms with Gasteiger partial charge in [-0.05, 0) is 48.0 Å². The van der Waals surface area contributed by atoms with E-state index in [-0.39, 0.29) is 5.91 Å². The van der Waals surface area contributed by atoms with Crippen LogP contribution in [0.25, 0.3) is 6.08 Å². The minimum atomic E-state index is -0.660. The maximum Gasteiger partial charge on any atom is 0.267 e. The Labute approximate surface area is 162 Å². The van der Waals surface area contributed by atoms with Crippen molar-refractivity contribution in [1.82, 2.24) is 5.48 Å². The second-order valence-corrected chi connectivity index (χ2v) is 5.79. The van der Waals surface area contributed by atoms with Crippen LogP contribution in [0.15, 0.2) is 84.9 Å². The molecule has 0 saturated carbocycles. The van der Waals surface area contributed by atoms with E-state index in [2.05, 4.69) is 5.32 Å². The van der Waals surface area contributed by atoms with Gasteiger partial charge in [-0.3, -0.25) is 14.8 Å². The van der Waals surface area contributed by atoms with Gasteiger partial charge in [0.2, 0.25) is 0 Å². The largest absolute Gasteiger partial charge is 0.457 e. The molecule has 140 valence electrons. The SMILES string of the molecule is O=C(C=Cc1ccccc1NC(=O)c1cccc(Oc2ccccc2)c1)NO. The van der Waals surface area contributed by atoms with Crippen LogP contribution in [0.4, 0.5) is 5.69 Å². The second kappa shape index (κ2) is 9.16. The van der Waals surface area contributed by atoms with Crippen LogP contribution in [-0.4, -0.2) is 17.0 Å². The van der Waals surface area contributed by atoms with Crippen molar-refractivity contribution < 1.29 is 19.5 Å². The molecular formula is C22H18N2O4. The summed E-state index contributed by atoms with van der Waals surface area (Å²) in [4.78, 5) is 23.8. The lowest BCUT2D eigenvalue weighted by Crippen LogP contribution is -2.15. The molecule has 0 fully saturated rings. The first kappa shape index (κ1) is 18.9. The fraction of sp³-hybridized carbons (Fsp3) is 0. The number of carbonyl (C=O) groups is 2. The lowest BCUT2D eigenvalue weighted by molar-refractivity contribution is -0.124. The van der Waals surface area contributed by atoms with Gasteiger partial charge < -0.3 is 10.1 Å². The van der Waals surface area contributed by atoms with E-state index in [0.717, 1.165) is 0 Å². The van der Waals surface area contributed by atoms with Crippen molar-refractivity contribution in [2.75, 3.05) is 5.32 Å². The van der Waals surface area contributed by atoms with Gasteiger partial charge in [0.25, 0.3) is 11.8 Å². The summed E-state index contributed by atoms with van der Waals surface area (Å²) in [6.07, 6.45) is 2.66. The smallest absolute Gasteiger partial charge is 0.267 e. The minimum absolute atomic E-state index is 0.314. The molecule has 28 heavy (non-hydrogen) atoms. The van der Waals surface area contributed by atoms with Gasteiger partial charge in [0.15, 0.2) is 0 Å². The van der Waals surface area contributed by atoms with Crippen molar-refractivity contribution in [2.24, 2.45) is 0 Å². The Morgan fingerprint density at radius 2 is 1.57 bits per heavy atom. The summed E-state index contributed by atoms with van der Waals surface area (Å²) < 4.78 is 5.76. The molecule has 0 heterocycles. The van der Waals surface area contributed by atoms with Gasteiger partial charge in [0.1, 0.15) is 11.5 Å². The summed E-state index contributed by atoms with van der Waals surface area (Å²) in [6, 6.07) is 23.2. The lowest BCUT2D eigenvalue weighted by Gasteiger charge is -2.10. The van der Waals surface area contributed by atoms with Crippen LogP contribution in [0.5, 0.6) is 11.5 Å². The van der Waals surface area contributed by atoms with Crippen molar-refractivity contribution in [3.8, 4) is 11.5 Å². The molecule has 3 N–H and O–H groups in total. The van der Waals surface area contributed by atoms with Gasteiger partial charge >= 0.3 is 0 Å². The number of hydrogen-bond acceptors (Lipinski definition) is 4. The van der Waals surface area contributed by atoms with Crippen LogP contribution in [0.3, 0.4) is 0 Å². The van der Waals surface area contributed by atoms with Crippen LogP contribution in [-0.2, 0) is 4.79 Å². The normalized spacial score (nSPS) is 10.5. The summed E-state index contributed by atoms with van der Waals surface area (Å²) in [5, 5.41) is 11.4. The predicted molar refractivity (Wildman–Crippen MR) is 106 cm³/mol. The Kier molecular flexibility index (Phi) is 6.17. The van der Waals surface area contributed by atoms with Gasteiger partial charge in [0.05, 0.1) is 0 Å². The molecule has 0 bridgehead atoms. The third kappa shape index (κ3) is 5.06. The number of para-hydroxylation sites is 2. The van der Waals surface area contributed by atoms with Gasteiger partial charge in [-0.25, -0.2) is 5.48 Å². The molecule has 0 spiro atoms. The summed E-state index contributed by atoms with van der Waals surface area (Å²) in [7, 11) is 0. The van der Waals surface area contributed by atoms with E-state index in [1.165, 1.54) is 17.6 Å². The average molecular weight is 374 g/mol. The highest BCUT2D eigenvalue weighted by Crippen LogP contribution is 2.23. The highest BCUT2D eigenvalue weighted by Gasteiger charge is 2.10. The van der Waals surface area contributed by atoms with Crippen LogP contribution in [0, 0.1) is 0 Å². The number of hydroxylamine groups is 1. The van der Waals surface area contributed by atoms with Crippen molar-refractivity contribution in [2.45, 2.75) is 0 Å². The Morgan fingerprint density at radius 1 is 0.857 bits per heavy atom. The quantitative estimate of drug-likeness (QED) is 0.342. The molecule has 6 nitrogen and oxygen atoms in total. The number of anilines is 1. The van der Waals surface area contributed by atoms with E-state index in [4.69, 9.17) is 9.94 Å². The highest BCUT2D eigenvalue weighted by molar-refractivity contribution is 6.05. The third-order valence-corrected chi connectivity index (χ3v) is 3.81. The first-order valence-electron chi connectivity index (χ1n) is 8.51. The average Bonchev–Trinajstić information content (AvgIpc) is 2.73. The molecule has 0 atom stereocenters. The number of benzene rings is 3. The van der Waals surface area contributed by atoms with Gasteiger partial charge in [-0.15, -0.1) is 0 Å². The van der Waals surface area contributed by atoms with E-state index >= 15 is 0 Å². The first-order valence-corrected chi connectivity index (χ1v) is 8.51. The maximum atomic E-state index is 12.7. The molecule has 6 heteroatoms. The van der Waals surface area contributed by atoms with E-state index < -0.39 is 5.91 Å². The zero-order chi connectivity index (χ0) is 19.8. The van der Waals surface area contributed by atoms with Crippen molar-refractivity contribution in [3.63, 3.8) is 0 Å². The van der Waals surface area contributed by atoms with E-state index in [1.54, 1.807) is 48.5 Å². The fourth-order valence-corrected chi connectivity index (χ4v) is 2.48. The molecule has 0 aliphatic rings. The third-order valence-electron chi connectivity index (χ3n) is 3.81. The van der Waals surface area contributed by atoms with E-state index in [0.29, 0.717) is 28.3 Å². The van der Waals surface area contributed by atoms with Gasteiger partial charge in [-0.1, -0.05) is 42.5 Å². The van der Waals surface area contributed by atoms with Crippen molar-refractivity contribution in [1.29, 1.82) is 0 Å². The highest BCUT2D eigenvalue weighted by atomic mass is 16.5. The van der Waals surface area contributed by atoms with Gasteiger partial charge in [-0.2, -0.15) is 0 Å². The zero-order valence-corrected chi connectivity index (χ0v) is 14.8. The van der Waals surface area contributed by atoms with Crippen LogP contribution < -0.4 is 15.5 Å². The molecular weight excluding hydrogens is 356 g/mol. The number of ether oxygens (including phenoxy) is 1. The standard InChI is InChI=1S/C22H18N2O4/c25-21(24-27)14-13-16-7-4-5-12-20(16)23-22(26)17-8-6-11-19(15-17)28-18-9-2-1-3-10-18/h1-15,27H,(H,23,26)(H,24,25). The van der Waals surface area contributed by atoms with Crippen molar-refractivity contribution in [3.05, 3.63) is 96.1 Å². The van der Waals surface area contributed by atoms with Crippen LogP contribution in [0.2, 0.25) is 0 Å². The second-order valence-electron chi connectivity index (χ2n) is 5.79. The van der Waals surface area contributed by atoms with Gasteiger partial charge in [0, 0.05) is 17.3 Å². The fourth-order valence-electron chi connectivity index (χ4n) is 2.48. The number of nitrogens with one attached hydrogen (secondary N) is 2. The Hall–Kier alpha value is -3.90. The van der Waals surface area contributed by atoms with E-state index in [9.17, 15) is 9.59 Å². The molecule has 0 radical (unpaired) electrons. The minimum Gasteiger partial charge on any atom is -0.457 e. The predicted octanol–water partition coefficient (Wildman–Crippen LogP) is 4.25. The molecule has 3 aromatic rings. The first-order chi connectivity index (χ1) is 13.7. The zero-order valence-electron chi connectivity index (χ0n) is 14.8. The topological polar surface area (TPSA) is 87.7 Å². The number of hydrogen-bond donors (Lipinski definition) is 3. The lowest BCUT2D eigenvalue weighted by atomic mass is 10.1. The summed E-state index contributed by atoms with van der Waals surface area (Å²) >= 11 is 0. The molecule has 2 amide bonds. The molecule has 0 aliphatic heterocycles. The summed E-state index contributed by atoms with van der Waals surface area (Å²) in [6.45, 7) is 0. The van der Waals surface area contributed by atoms with E-state index in [1.807, 2.05) is 30.3 Å². The Morgan fingerprint density at radius 3 is 2.36 bits per heavy atom.